The van der Waals surface area contributed by atoms with E-state index in [4.69, 9.17) is 9.26 Å². The number of hydrogen-bond donors (Lipinski definition) is 0. The van der Waals surface area contributed by atoms with Crippen molar-refractivity contribution in [2.45, 2.75) is 51.3 Å². The summed E-state index contributed by atoms with van der Waals surface area (Å²) in [5.41, 5.74) is 1.43. The molecule has 0 radical (unpaired) electrons. The van der Waals surface area contributed by atoms with E-state index in [0.29, 0.717) is 19.1 Å². The molecule has 7 nitrogen and oxygen atoms in total. The third-order valence-electron chi connectivity index (χ3n) is 5.17. The molecule has 0 N–H and O–H groups in total. The van der Waals surface area contributed by atoms with E-state index in [1.807, 2.05) is 43.9 Å². The molecule has 1 unspecified atom stereocenters. The first kappa shape index (κ1) is 18.0. The summed E-state index contributed by atoms with van der Waals surface area (Å²) < 4.78 is 11.1. The zero-order chi connectivity index (χ0) is 19.0. The van der Waals surface area contributed by atoms with Crippen LogP contribution in [0.15, 0.2) is 35.1 Å². The van der Waals surface area contributed by atoms with Crippen LogP contribution >= 0.6 is 0 Å². The summed E-state index contributed by atoms with van der Waals surface area (Å²) in [6.45, 7) is 7.91. The van der Waals surface area contributed by atoms with E-state index in [0.717, 1.165) is 36.4 Å². The molecule has 27 heavy (non-hydrogen) atoms. The summed E-state index contributed by atoms with van der Waals surface area (Å²) in [5, 5.41) is 4.32. The first-order valence-electron chi connectivity index (χ1n) is 9.51. The summed E-state index contributed by atoms with van der Waals surface area (Å²) in [4.78, 5) is 20.8. The number of ether oxygens (including phenoxy) is 1. The van der Waals surface area contributed by atoms with Crippen LogP contribution in [0.25, 0.3) is 11.3 Å². The highest BCUT2D eigenvalue weighted by Gasteiger charge is 2.41. The van der Waals surface area contributed by atoms with E-state index in [1.54, 1.807) is 12.4 Å². The SMILES string of the molecule is CC(C)(C)OC(=O)N1CCN2C(CC[C@@H]2c2cc(-c3cccnc3)on2)C1. The molecule has 4 rings (SSSR count). The van der Waals surface area contributed by atoms with Crippen molar-refractivity contribution in [3.05, 3.63) is 36.3 Å². The molecule has 2 saturated heterocycles. The zero-order valence-electron chi connectivity index (χ0n) is 16.1. The summed E-state index contributed by atoms with van der Waals surface area (Å²) in [7, 11) is 0. The van der Waals surface area contributed by atoms with Gasteiger partial charge in [0.2, 0.25) is 0 Å². The molecule has 2 fully saturated rings. The molecular formula is C20H26N4O3. The zero-order valence-corrected chi connectivity index (χ0v) is 16.1. The number of piperazine rings is 1. The highest BCUT2D eigenvalue weighted by Crippen LogP contribution is 2.38. The van der Waals surface area contributed by atoms with E-state index in [-0.39, 0.29) is 12.1 Å². The lowest BCUT2D eigenvalue weighted by Crippen LogP contribution is -2.53. The number of fused-ring (bicyclic) bond motifs is 1. The Labute approximate surface area is 159 Å². The van der Waals surface area contributed by atoms with Gasteiger partial charge in [0.1, 0.15) is 11.3 Å². The molecule has 0 aromatic carbocycles. The van der Waals surface area contributed by atoms with Crippen molar-refractivity contribution in [2.24, 2.45) is 0 Å². The highest BCUT2D eigenvalue weighted by molar-refractivity contribution is 5.68. The minimum absolute atomic E-state index is 0.217. The molecule has 0 aliphatic carbocycles. The average molecular weight is 370 g/mol. The van der Waals surface area contributed by atoms with Gasteiger partial charge in [-0.3, -0.25) is 9.88 Å². The lowest BCUT2D eigenvalue weighted by molar-refractivity contribution is 0.00464. The van der Waals surface area contributed by atoms with Gasteiger partial charge in [-0.1, -0.05) is 5.16 Å². The van der Waals surface area contributed by atoms with Crippen molar-refractivity contribution >= 4 is 6.09 Å². The molecular weight excluding hydrogens is 344 g/mol. The van der Waals surface area contributed by atoms with E-state index < -0.39 is 5.60 Å². The highest BCUT2D eigenvalue weighted by atomic mass is 16.6. The van der Waals surface area contributed by atoms with Crippen LogP contribution in [0.1, 0.15) is 45.3 Å². The number of nitrogens with zero attached hydrogens (tertiary/aromatic N) is 4. The van der Waals surface area contributed by atoms with Crippen LogP contribution in [0.5, 0.6) is 0 Å². The normalized spacial score (nSPS) is 23.3. The monoisotopic (exact) mass is 370 g/mol. The van der Waals surface area contributed by atoms with Crippen LogP contribution in [-0.2, 0) is 4.74 Å². The Kier molecular flexibility index (Phi) is 4.63. The minimum atomic E-state index is -0.462. The molecule has 0 bridgehead atoms. The summed E-state index contributed by atoms with van der Waals surface area (Å²) in [6, 6.07) is 6.46. The quantitative estimate of drug-likeness (QED) is 0.806. The third kappa shape index (κ3) is 3.83. The molecule has 1 amide bonds. The van der Waals surface area contributed by atoms with Crippen molar-refractivity contribution in [2.75, 3.05) is 19.6 Å². The van der Waals surface area contributed by atoms with Crippen LogP contribution in [-0.4, -0.2) is 57.3 Å². The molecule has 7 heteroatoms. The number of pyridine rings is 1. The maximum Gasteiger partial charge on any atom is 0.410 e. The molecule has 2 aromatic rings. The number of carbonyl (C=O) groups excluding carboxylic acids is 1. The summed E-state index contributed by atoms with van der Waals surface area (Å²) >= 11 is 0. The van der Waals surface area contributed by atoms with E-state index in [9.17, 15) is 4.79 Å². The Morgan fingerprint density at radius 2 is 2.15 bits per heavy atom. The number of carbonyl (C=O) groups is 1. The smallest absolute Gasteiger partial charge is 0.410 e. The van der Waals surface area contributed by atoms with Gasteiger partial charge < -0.3 is 14.2 Å². The van der Waals surface area contributed by atoms with Crippen LogP contribution in [0.3, 0.4) is 0 Å². The molecule has 2 aromatic heterocycles. The van der Waals surface area contributed by atoms with Gasteiger partial charge in [-0.05, 0) is 45.7 Å². The third-order valence-corrected chi connectivity index (χ3v) is 5.17. The van der Waals surface area contributed by atoms with Gasteiger partial charge in [0.25, 0.3) is 0 Å². The summed E-state index contributed by atoms with van der Waals surface area (Å²) in [6.07, 6.45) is 5.37. The van der Waals surface area contributed by atoms with E-state index in [1.165, 1.54) is 0 Å². The van der Waals surface area contributed by atoms with Crippen molar-refractivity contribution in [1.29, 1.82) is 0 Å². The van der Waals surface area contributed by atoms with Crippen LogP contribution in [0.4, 0.5) is 4.79 Å². The van der Waals surface area contributed by atoms with Crippen LogP contribution in [0, 0.1) is 0 Å². The fourth-order valence-electron chi connectivity index (χ4n) is 3.95. The molecule has 4 heterocycles. The maximum absolute atomic E-state index is 12.4. The minimum Gasteiger partial charge on any atom is -0.444 e. The Balaban J connectivity index is 1.43. The summed E-state index contributed by atoms with van der Waals surface area (Å²) in [5.74, 6) is 0.744. The fraction of sp³-hybridized carbons (Fsp3) is 0.550. The molecule has 0 saturated carbocycles. The predicted molar refractivity (Wildman–Crippen MR) is 100 cm³/mol. The fourth-order valence-corrected chi connectivity index (χ4v) is 3.95. The Hall–Kier alpha value is -2.41. The van der Waals surface area contributed by atoms with Crippen LogP contribution in [0.2, 0.25) is 0 Å². The number of amides is 1. The largest absolute Gasteiger partial charge is 0.444 e. The van der Waals surface area contributed by atoms with Crippen LogP contribution < -0.4 is 0 Å². The molecule has 2 aliphatic heterocycles. The van der Waals surface area contributed by atoms with E-state index >= 15 is 0 Å². The Morgan fingerprint density at radius 3 is 2.89 bits per heavy atom. The van der Waals surface area contributed by atoms with Gasteiger partial charge in [0.05, 0.1) is 6.04 Å². The van der Waals surface area contributed by atoms with Crippen molar-refractivity contribution in [3.63, 3.8) is 0 Å². The first-order chi connectivity index (χ1) is 12.9. The second kappa shape index (κ2) is 6.96. The molecule has 144 valence electrons. The van der Waals surface area contributed by atoms with E-state index in [2.05, 4.69) is 15.0 Å². The number of rotatable bonds is 2. The van der Waals surface area contributed by atoms with Gasteiger partial charge in [0.15, 0.2) is 5.76 Å². The van der Waals surface area contributed by atoms with Gasteiger partial charge in [-0.2, -0.15) is 0 Å². The first-order valence-corrected chi connectivity index (χ1v) is 9.51. The van der Waals surface area contributed by atoms with Crippen molar-refractivity contribution in [3.8, 4) is 11.3 Å². The predicted octanol–water partition coefficient (Wildman–Crippen LogP) is 3.49. The topological polar surface area (TPSA) is 71.7 Å². The van der Waals surface area contributed by atoms with Gasteiger partial charge in [0, 0.05) is 49.7 Å². The van der Waals surface area contributed by atoms with Gasteiger partial charge >= 0.3 is 6.09 Å². The maximum atomic E-state index is 12.4. The Morgan fingerprint density at radius 1 is 1.30 bits per heavy atom. The number of aromatic nitrogens is 2. The van der Waals surface area contributed by atoms with Crippen molar-refractivity contribution in [1.82, 2.24) is 19.9 Å². The molecule has 2 aliphatic rings. The van der Waals surface area contributed by atoms with Gasteiger partial charge in [-0.25, -0.2) is 4.79 Å². The number of hydrogen-bond acceptors (Lipinski definition) is 6. The second-order valence-corrected chi connectivity index (χ2v) is 8.27. The molecule has 0 spiro atoms. The Bertz CT molecular complexity index is 799. The van der Waals surface area contributed by atoms with Crippen molar-refractivity contribution < 1.29 is 14.1 Å². The lowest BCUT2D eigenvalue weighted by atomic mass is 10.1. The average Bonchev–Trinajstić information content (AvgIpc) is 3.27. The molecule has 2 atom stereocenters. The standard InChI is InChI=1S/C20H26N4O3/c1-20(2,3)26-19(25)23-9-10-24-15(13-23)6-7-17(24)16-11-18(27-22-16)14-5-4-8-21-12-14/h4-5,8,11-12,15,17H,6-7,9-10,13H2,1-3H3/t15?,17-/m1/s1. The van der Waals surface area contributed by atoms with Gasteiger partial charge in [-0.15, -0.1) is 0 Å². The second-order valence-electron chi connectivity index (χ2n) is 8.27. The lowest BCUT2D eigenvalue weighted by Gasteiger charge is -2.39.